The number of hydrogen-bond acceptors (Lipinski definition) is 1. The summed E-state index contributed by atoms with van der Waals surface area (Å²) in [7, 11) is 0. The van der Waals surface area contributed by atoms with E-state index in [0.29, 0.717) is 0 Å². The minimum absolute atomic E-state index is 0.167. The van der Waals surface area contributed by atoms with Gasteiger partial charge < -0.3 is 5.73 Å². The number of nitrogens with two attached hydrogens (primary N) is 1. The average Bonchev–Trinajstić information content (AvgIpc) is 2.72. The Morgan fingerprint density at radius 2 is 1.85 bits per heavy atom. The highest BCUT2D eigenvalue weighted by Gasteiger charge is 2.35. The zero-order chi connectivity index (χ0) is 14.3. The van der Waals surface area contributed by atoms with Crippen LogP contribution in [0.25, 0.3) is 0 Å². The van der Waals surface area contributed by atoms with Gasteiger partial charge in [0, 0.05) is 5.54 Å². The highest BCUT2D eigenvalue weighted by atomic mass is 19.1. The Hall–Kier alpha value is -1.67. The van der Waals surface area contributed by atoms with Crippen molar-refractivity contribution in [1.82, 2.24) is 0 Å². The average molecular weight is 269 g/mol. The first-order valence-electron chi connectivity index (χ1n) is 7.12. The van der Waals surface area contributed by atoms with Gasteiger partial charge in [0.25, 0.3) is 0 Å². The largest absolute Gasteiger partial charge is 0.321 e. The van der Waals surface area contributed by atoms with Crippen molar-refractivity contribution in [2.24, 2.45) is 5.73 Å². The first-order valence-corrected chi connectivity index (χ1v) is 7.12. The molecule has 2 aromatic rings. The number of aryl methyl sites for hydroxylation is 3. The zero-order valence-corrected chi connectivity index (χ0v) is 12.0. The molecule has 1 aliphatic carbocycles. The SMILES string of the molecule is Cc1cccc(C)c1CC1(N)CCc2cc(F)ccc21. The van der Waals surface area contributed by atoms with Crippen molar-refractivity contribution in [2.75, 3.05) is 0 Å². The van der Waals surface area contributed by atoms with E-state index in [-0.39, 0.29) is 11.4 Å². The maximum absolute atomic E-state index is 13.3. The monoisotopic (exact) mass is 269 g/mol. The molecule has 1 unspecified atom stereocenters. The van der Waals surface area contributed by atoms with E-state index in [1.165, 1.54) is 22.8 Å². The van der Waals surface area contributed by atoms with Crippen LogP contribution in [0.2, 0.25) is 0 Å². The molecular weight excluding hydrogens is 249 g/mol. The molecule has 20 heavy (non-hydrogen) atoms. The topological polar surface area (TPSA) is 26.0 Å². The molecule has 0 bridgehead atoms. The minimum atomic E-state index is -0.361. The first kappa shape index (κ1) is 13.3. The molecular formula is C18H20FN. The molecule has 1 aliphatic rings. The summed E-state index contributed by atoms with van der Waals surface area (Å²) in [5.74, 6) is -0.167. The maximum atomic E-state index is 13.3. The summed E-state index contributed by atoms with van der Waals surface area (Å²) in [6.07, 6.45) is 2.58. The Kier molecular flexibility index (Phi) is 3.14. The number of fused-ring (bicyclic) bond motifs is 1. The molecule has 2 N–H and O–H groups in total. The van der Waals surface area contributed by atoms with Crippen LogP contribution in [0.3, 0.4) is 0 Å². The second-order valence-electron chi connectivity index (χ2n) is 6.00. The molecule has 2 aromatic carbocycles. The molecule has 104 valence electrons. The highest BCUT2D eigenvalue weighted by molar-refractivity contribution is 5.43. The fraction of sp³-hybridized carbons (Fsp3) is 0.333. The highest BCUT2D eigenvalue weighted by Crippen LogP contribution is 2.38. The van der Waals surface area contributed by atoms with Crippen molar-refractivity contribution in [3.63, 3.8) is 0 Å². The lowest BCUT2D eigenvalue weighted by Gasteiger charge is -2.27. The quantitative estimate of drug-likeness (QED) is 0.882. The van der Waals surface area contributed by atoms with Gasteiger partial charge in [-0.3, -0.25) is 0 Å². The van der Waals surface area contributed by atoms with Gasteiger partial charge in [0.2, 0.25) is 0 Å². The summed E-state index contributed by atoms with van der Waals surface area (Å²) in [5.41, 5.74) is 12.4. The number of hydrogen-bond donors (Lipinski definition) is 1. The normalized spacial score (nSPS) is 21.0. The maximum Gasteiger partial charge on any atom is 0.123 e. The van der Waals surface area contributed by atoms with Crippen LogP contribution >= 0.6 is 0 Å². The van der Waals surface area contributed by atoms with Crippen LogP contribution in [0.4, 0.5) is 4.39 Å². The van der Waals surface area contributed by atoms with Gasteiger partial charge in [0.05, 0.1) is 0 Å². The van der Waals surface area contributed by atoms with Gasteiger partial charge in [0.15, 0.2) is 0 Å². The molecule has 0 spiro atoms. The third-order valence-corrected chi connectivity index (χ3v) is 4.58. The molecule has 1 nitrogen and oxygen atoms in total. The van der Waals surface area contributed by atoms with Crippen molar-refractivity contribution in [3.05, 3.63) is 70.0 Å². The van der Waals surface area contributed by atoms with Crippen LogP contribution in [0.15, 0.2) is 36.4 Å². The van der Waals surface area contributed by atoms with E-state index in [1.807, 2.05) is 6.07 Å². The van der Waals surface area contributed by atoms with Gasteiger partial charge in [-0.2, -0.15) is 0 Å². The molecule has 0 aromatic heterocycles. The predicted molar refractivity (Wildman–Crippen MR) is 80.2 cm³/mol. The minimum Gasteiger partial charge on any atom is -0.321 e. The molecule has 1 atom stereocenters. The summed E-state index contributed by atoms with van der Waals surface area (Å²) in [6, 6.07) is 11.4. The number of halogens is 1. The van der Waals surface area contributed by atoms with E-state index in [1.54, 1.807) is 6.07 Å². The first-order chi connectivity index (χ1) is 9.49. The fourth-order valence-electron chi connectivity index (χ4n) is 3.37. The lowest BCUT2D eigenvalue weighted by molar-refractivity contribution is 0.437. The molecule has 3 rings (SSSR count). The van der Waals surface area contributed by atoms with E-state index < -0.39 is 0 Å². The second kappa shape index (κ2) is 4.71. The Bertz CT molecular complexity index is 642. The number of rotatable bonds is 2. The van der Waals surface area contributed by atoms with E-state index >= 15 is 0 Å². The Morgan fingerprint density at radius 1 is 1.15 bits per heavy atom. The van der Waals surface area contributed by atoms with E-state index in [9.17, 15) is 4.39 Å². The molecule has 0 fully saturated rings. The van der Waals surface area contributed by atoms with Crippen LogP contribution in [0.1, 0.15) is 34.2 Å². The number of benzene rings is 2. The lowest BCUT2D eigenvalue weighted by atomic mass is 9.83. The van der Waals surface area contributed by atoms with Gasteiger partial charge in [-0.25, -0.2) is 4.39 Å². The van der Waals surface area contributed by atoms with Crippen molar-refractivity contribution < 1.29 is 4.39 Å². The van der Waals surface area contributed by atoms with Crippen LogP contribution in [-0.2, 0) is 18.4 Å². The second-order valence-corrected chi connectivity index (χ2v) is 6.00. The van der Waals surface area contributed by atoms with E-state index in [0.717, 1.165) is 30.4 Å². The summed E-state index contributed by atoms with van der Waals surface area (Å²) in [5, 5.41) is 0. The third kappa shape index (κ3) is 2.14. The molecule has 0 amide bonds. The zero-order valence-electron chi connectivity index (χ0n) is 12.0. The fourth-order valence-corrected chi connectivity index (χ4v) is 3.37. The lowest BCUT2D eigenvalue weighted by Crippen LogP contribution is -2.37. The van der Waals surface area contributed by atoms with Crippen molar-refractivity contribution >= 4 is 0 Å². The third-order valence-electron chi connectivity index (χ3n) is 4.58. The predicted octanol–water partition coefficient (Wildman–Crippen LogP) is 3.79. The molecule has 0 heterocycles. The summed E-state index contributed by atoms with van der Waals surface area (Å²) in [4.78, 5) is 0. The van der Waals surface area contributed by atoms with E-state index in [4.69, 9.17) is 5.73 Å². The van der Waals surface area contributed by atoms with Crippen molar-refractivity contribution in [1.29, 1.82) is 0 Å². The van der Waals surface area contributed by atoms with Gasteiger partial charge in [0.1, 0.15) is 5.82 Å². The molecule has 0 aliphatic heterocycles. The smallest absolute Gasteiger partial charge is 0.123 e. The molecule has 0 saturated carbocycles. The Labute approximate surface area is 119 Å². The Morgan fingerprint density at radius 3 is 2.55 bits per heavy atom. The van der Waals surface area contributed by atoms with Gasteiger partial charge >= 0.3 is 0 Å². The van der Waals surface area contributed by atoms with Crippen LogP contribution in [0.5, 0.6) is 0 Å². The standard InChI is InChI=1S/C18H20FN/c1-12-4-3-5-13(2)16(12)11-18(20)9-8-14-10-15(19)6-7-17(14)18/h3-7,10H,8-9,11,20H2,1-2H3. The van der Waals surface area contributed by atoms with Crippen molar-refractivity contribution in [3.8, 4) is 0 Å². The van der Waals surface area contributed by atoms with Gasteiger partial charge in [-0.05, 0) is 73.1 Å². The molecule has 0 radical (unpaired) electrons. The van der Waals surface area contributed by atoms with Crippen molar-refractivity contribution in [2.45, 2.75) is 38.6 Å². The molecule has 2 heteroatoms. The summed E-state index contributed by atoms with van der Waals surface area (Å²) in [6.45, 7) is 4.26. The van der Waals surface area contributed by atoms with E-state index in [2.05, 4.69) is 32.0 Å². The van der Waals surface area contributed by atoms with Crippen LogP contribution in [-0.4, -0.2) is 0 Å². The van der Waals surface area contributed by atoms with Crippen LogP contribution < -0.4 is 5.73 Å². The van der Waals surface area contributed by atoms with Gasteiger partial charge in [-0.15, -0.1) is 0 Å². The van der Waals surface area contributed by atoms with Crippen LogP contribution in [0, 0.1) is 19.7 Å². The molecule has 0 saturated heterocycles. The summed E-state index contributed by atoms with van der Waals surface area (Å²) >= 11 is 0. The summed E-state index contributed by atoms with van der Waals surface area (Å²) < 4.78 is 13.3. The Balaban J connectivity index is 2.00. The van der Waals surface area contributed by atoms with Gasteiger partial charge in [-0.1, -0.05) is 24.3 Å².